The molecule has 2 aromatic rings. The summed E-state index contributed by atoms with van der Waals surface area (Å²) >= 11 is 0. The molecule has 0 spiro atoms. The molecule has 2 amide bonds. The predicted octanol–water partition coefficient (Wildman–Crippen LogP) is 2.37. The number of anilines is 2. The molecule has 0 saturated heterocycles. The molecule has 0 aliphatic carbocycles. The van der Waals surface area contributed by atoms with Crippen LogP contribution in [0, 0.1) is 5.82 Å². The van der Waals surface area contributed by atoms with Gasteiger partial charge in [0, 0.05) is 6.08 Å². The molecular weight excluding hydrogens is 339 g/mol. The van der Waals surface area contributed by atoms with Crippen LogP contribution in [0.4, 0.5) is 15.8 Å². The van der Waals surface area contributed by atoms with Gasteiger partial charge in [0.05, 0.1) is 11.4 Å². The van der Waals surface area contributed by atoms with Crippen LogP contribution in [0.1, 0.15) is 5.56 Å². The van der Waals surface area contributed by atoms with Crippen molar-refractivity contribution in [2.24, 2.45) is 0 Å². The first-order valence-corrected chi connectivity index (χ1v) is 7.82. The molecule has 0 saturated carbocycles. The molecule has 132 valence electrons. The molecule has 0 fully saturated rings. The number of para-hydroxylation sites is 2. The SMILES string of the molecule is O=C1CN(C(=O)COC(=O)/C=C/c2cccc(F)c2)c2ccccc2N1. The van der Waals surface area contributed by atoms with Gasteiger partial charge >= 0.3 is 5.97 Å². The quantitative estimate of drug-likeness (QED) is 0.676. The van der Waals surface area contributed by atoms with E-state index < -0.39 is 24.3 Å². The highest BCUT2D eigenvalue weighted by Gasteiger charge is 2.26. The van der Waals surface area contributed by atoms with Crippen LogP contribution in [-0.2, 0) is 19.1 Å². The Morgan fingerprint density at radius 2 is 2.00 bits per heavy atom. The first-order chi connectivity index (χ1) is 12.5. The summed E-state index contributed by atoms with van der Waals surface area (Å²) in [5.41, 5.74) is 1.56. The fourth-order valence-corrected chi connectivity index (χ4v) is 2.49. The fourth-order valence-electron chi connectivity index (χ4n) is 2.49. The number of fused-ring (bicyclic) bond motifs is 1. The highest BCUT2D eigenvalue weighted by molar-refractivity contribution is 6.10. The third-order valence-corrected chi connectivity index (χ3v) is 3.67. The topological polar surface area (TPSA) is 75.7 Å². The van der Waals surface area contributed by atoms with Crippen LogP contribution in [0.15, 0.2) is 54.6 Å². The first kappa shape index (κ1) is 17.3. The Morgan fingerprint density at radius 3 is 2.81 bits per heavy atom. The van der Waals surface area contributed by atoms with Crippen LogP contribution >= 0.6 is 0 Å². The Bertz CT molecular complexity index is 895. The molecule has 2 aromatic carbocycles. The maximum atomic E-state index is 13.1. The summed E-state index contributed by atoms with van der Waals surface area (Å²) in [6.45, 7) is -0.652. The van der Waals surface area contributed by atoms with E-state index in [0.717, 1.165) is 6.08 Å². The van der Waals surface area contributed by atoms with E-state index in [1.54, 1.807) is 30.3 Å². The molecule has 3 rings (SSSR count). The van der Waals surface area contributed by atoms with E-state index in [9.17, 15) is 18.8 Å². The summed E-state index contributed by atoms with van der Waals surface area (Å²) in [6, 6.07) is 12.6. The van der Waals surface area contributed by atoms with E-state index in [0.29, 0.717) is 16.9 Å². The number of carbonyl (C=O) groups excluding carboxylic acids is 3. The third kappa shape index (κ3) is 4.13. The van der Waals surface area contributed by atoms with Gasteiger partial charge in [-0.25, -0.2) is 9.18 Å². The first-order valence-electron chi connectivity index (χ1n) is 7.82. The summed E-state index contributed by atoms with van der Waals surface area (Å²) in [5.74, 6) is -2.00. The van der Waals surface area contributed by atoms with E-state index in [4.69, 9.17) is 4.74 Å². The van der Waals surface area contributed by atoms with Gasteiger partial charge in [0.25, 0.3) is 5.91 Å². The summed E-state index contributed by atoms with van der Waals surface area (Å²) in [6.07, 6.45) is 2.50. The van der Waals surface area contributed by atoms with Gasteiger partial charge in [-0.05, 0) is 35.9 Å². The molecule has 1 N–H and O–H groups in total. The number of esters is 1. The Kier molecular flexibility index (Phi) is 5.07. The lowest BCUT2D eigenvalue weighted by Crippen LogP contribution is -2.43. The van der Waals surface area contributed by atoms with Gasteiger partial charge in [-0.15, -0.1) is 0 Å². The number of hydrogen-bond acceptors (Lipinski definition) is 4. The van der Waals surface area contributed by atoms with Crippen molar-refractivity contribution in [1.29, 1.82) is 0 Å². The summed E-state index contributed by atoms with van der Waals surface area (Å²) in [5, 5.41) is 2.67. The Morgan fingerprint density at radius 1 is 1.19 bits per heavy atom. The number of rotatable bonds is 4. The van der Waals surface area contributed by atoms with Crippen LogP contribution in [-0.4, -0.2) is 30.9 Å². The van der Waals surface area contributed by atoms with Crippen LogP contribution < -0.4 is 10.2 Å². The summed E-state index contributed by atoms with van der Waals surface area (Å²) < 4.78 is 18.0. The molecule has 0 bridgehead atoms. The lowest BCUT2D eigenvalue weighted by molar-refractivity contribution is -0.143. The van der Waals surface area contributed by atoms with E-state index in [2.05, 4.69) is 5.32 Å². The van der Waals surface area contributed by atoms with Crippen LogP contribution in [0.3, 0.4) is 0 Å². The van der Waals surface area contributed by atoms with E-state index in [1.165, 1.54) is 29.2 Å². The number of nitrogens with zero attached hydrogens (tertiary/aromatic N) is 1. The zero-order valence-electron chi connectivity index (χ0n) is 13.6. The number of hydrogen-bond donors (Lipinski definition) is 1. The molecule has 1 aliphatic rings. The largest absolute Gasteiger partial charge is 0.452 e. The Balaban J connectivity index is 1.60. The maximum absolute atomic E-state index is 13.1. The average molecular weight is 354 g/mol. The van der Waals surface area contributed by atoms with Gasteiger partial charge in [0.15, 0.2) is 6.61 Å². The van der Waals surface area contributed by atoms with E-state index >= 15 is 0 Å². The molecule has 7 heteroatoms. The van der Waals surface area contributed by atoms with Crippen LogP contribution in [0.5, 0.6) is 0 Å². The number of carbonyl (C=O) groups is 3. The van der Waals surface area contributed by atoms with Crippen molar-refractivity contribution in [2.75, 3.05) is 23.4 Å². The van der Waals surface area contributed by atoms with Crippen molar-refractivity contribution >= 4 is 35.2 Å². The van der Waals surface area contributed by atoms with Gasteiger partial charge in [0.2, 0.25) is 5.91 Å². The van der Waals surface area contributed by atoms with Crippen molar-refractivity contribution in [3.8, 4) is 0 Å². The van der Waals surface area contributed by atoms with Crippen LogP contribution in [0.2, 0.25) is 0 Å². The number of nitrogens with one attached hydrogen (secondary N) is 1. The molecule has 0 atom stereocenters. The van der Waals surface area contributed by atoms with Crippen molar-refractivity contribution in [3.63, 3.8) is 0 Å². The maximum Gasteiger partial charge on any atom is 0.331 e. The standard InChI is InChI=1S/C19H15FN2O4/c20-14-5-3-4-13(10-14)8-9-19(25)26-12-18(24)22-11-17(23)21-15-6-1-2-7-16(15)22/h1-10H,11-12H2,(H,21,23)/b9-8+. The monoisotopic (exact) mass is 354 g/mol. The fraction of sp³-hybridized carbons (Fsp3) is 0.105. The normalized spacial score (nSPS) is 13.3. The Labute approximate surface area is 148 Å². The number of halogens is 1. The third-order valence-electron chi connectivity index (χ3n) is 3.67. The number of benzene rings is 2. The highest BCUT2D eigenvalue weighted by Crippen LogP contribution is 2.28. The molecule has 0 aromatic heterocycles. The van der Waals surface area contributed by atoms with Gasteiger partial charge in [-0.2, -0.15) is 0 Å². The number of ether oxygens (including phenoxy) is 1. The molecule has 1 aliphatic heterocycles. The van der Waals surface area contributed by atoms with Gasteiger partial charge in [-0.1, -0.05) is 24.3 Å². The summed E-state index contributed by atoms with van der Waals surface area (Å²) in [7, 11) is 0. The summed E-state index contributed by atoms with van der Waals surface area (Å²) in [4.78, 5) is 37.0. The zero-order valence-corrected chi connectivity index (χ0v) is 13.6. The minimum absolute atomic E-state index is 0.146. The second-order valence-corrected chi connectivity index (χ2v) is 5.54. The molecule has 0 unspecified atom stereocenters. The lowest BCUT2D eigenvalue weighted by atomic mass is 10.2. The van der Waals surface area contributed by atoms with E-state index in [1.807, 2.05) is 0 Å². The minimum Gasteiger partial charge on any atom is -0.452 e. The lowest BCUT2D eigenvalue weighted by Gasteiger charge is -2.28. The van der Waals surface area contributed by atoms with E-state index in [-0.39, 0.29) is 12.5 Å². The second-order valence-electron chi connectivity index (χ2n) is 5.54. The van der Waals surface area contributed by atoms with Gasteiger partial charge in [0.1, 0.15) is 12.4 Å². The van der Waals surface area contributed by atoms with Crippen molar-refractivity contribution in [3.05, 3.63) is 66.0 Å². The van der Waals surface area contributed by atoms with Gasteiger partial charge in [-0.3, -0.25) is 14.5 Å². The molecule has 1 heterocycles. The zero-order chi connectivity index (χ0) is 18.5. The molecular formula is C19H15FN2O4. The molecule has 6 nitrogen and oxygen atoms in total. The molecule has 26 heavy (non-hydrogen) atoms. The van der Waals surface area contributed by atoms with Crippen LogP contribution in [0.25, 0.3) is 6.08 Å². The van der Waals surface area contributed by atoms with Crippen molar-refractivity contribution < 1.29 is 23.5 Å². The minimum atomic E-state index is -0.739. The predicted molar refractivity (Wildman–Crippen MR) is 93.8 cm³/mol. The number of amides is 2. The van der Waals surface area contributed by atoms with Crippen molar-refractivity contribution in [2.45, 2.75) is 0 Å². The smallest absolute Gasteiger partial charge is 0.331 e. The van der Waals surface area contributed by atoms with Crippen molar-refractivity contribution in [1.82, 2.24) is 0 Å². The second kappa shape index (κ2) is 7.60. The Hall–Kier alpha value is -3.48. The molecule has 0 radical (unpaired) electrons. The van der Waals surface area contributed by atoms with Gasteiger partial charge < -0.3 is 10.1 Å². The highest BCUT2D eigenvalue weighted by atomic mass is 19.1. The average Bonchev–Trinajstić information content (AvgIpc) is 2.63.